The summed E-state index contributed by atoms with van der Waals surface area (Å²) in [5, 5.41) is 4.42. The van der Waals surface area contributed by atoms with Gasteiger partial charge in [0.05, 0.1) is 5.03 Å². The first-order chi connectivity index (χ1) is 8.54. The fourth-order valence-corrected chi connectivity index (χ4v) is 1.68. The van der Waals surface area contributed by atoms with E-state index in [0.717, 1.165) is 5.56 Å². The topological polar surface area (TPSA) is 21.3 Å². The van der Waals surface area contributed by atoms with Gasteiger partial charge in [0, 0.05) is 28.7 Å². The van der Waals surface area contributed by atoms with Crippen molar-refractivity contribution in [2.24, 2.45) is 0 Å². The third-order valence-corrected chi connectivity index (χ3v) is 3.19. The van der Waals surface area contributed by atoms with Crippen LogP contribution >= 0.6 is 34.8 Å². The van der Waals surface area contributed by atoms with Gasteiger partial charge in [-0.3, -0.25) is 0 Å². The van der Waals surface area contributed by atoms with Crippen molar-refractivity contribution in [3.8, 4) is 5.75 Å². The minimum Gasteiger partial charge on any atom is -0.488 e. The summed E-state index contributed by atoms with van der Waals surface area (Å²) in [6, 6.07) is 5.92. The molecule has 0 aliphatic heterocycles. The van der Waals surface area contributed by atoms with Crippen LogP contribution in [-0.2, 0) is 6.54 Å². The predicted molar refractivity (Wildman–Crippen MR) is 78.7 cm³/mol. The Hall–Kier alpha value is -0.410. The Morgan fingerprint density at radius 3 is 2.78 bits per heavy atom. The molecule has 18 heavy (non-hydrogen) atoms. The van der Waals surface area contributed by atoms with Gasteiger partial charge in [-0.2, -0.15) is 0 Å². The molecule has 0 atom stereocenters. The van der Waals surface area contributed by atoms with Crippen molar-refractivity contribution in [3.63, 3.8) is 0 Å². The van der Waals surface area contributed by atoms with Crippen molar-refractivity contribution >= 4 is 34.8 Å². The van der Waals surface area contributed by atoms with Gasteiger partial charge >= 0.3 is 0 Å². The highest BCUT2D eigenvalue weighted by Gasteiger charge is 2.09. The van der Waals surface area contributed by atoms with Crippen LogP contribution in [-0.4, -0.2) is 12.6 Å². The maximum atomic E-state index is 6.17. The van der Waals surface area contributed by atoms with Gasteiger partial charge in [0.25, 0.3) is 0 Å². The second-order valence-electron chi connectivity index (χ2n) is 4.10. The molecular formula is C13H16Cl3NO. The van der Waals surface area contributed by atoms with Crippen molar-refractivity contribution in [1.82, 2.24) is 5.32 Å². The number of rotatable bonds is 6. The van der Waals surface area contributed by atoms with E-state index < -0.39 is 0 Å². The fraction of sp³-hybridized carbons (Fsp3) is 0.385. The molecule has 1 rings (SSSR count). The molecular weight excluding hydrogens is 293 g/mol. The van der Waals surface area contributed by atoms with Crippen LogP contribution in [0.15, 0.2) is 28.8 Å². The molecule has 0 radical (unpaired) electrons. The zero-order valence-corrected chi connectivity index (χ0v) is 12.6. The molecule has 0 heterocycles. The molecule has 1 aromatic carbocycles. The third kappa shape index (κ3) is 5.07. The van der Waals surface area contributed by atoms with E-state index in [0.29, 0.717) is 28.4 Å². The number of benzene rings is 1. The van der Waals surface area contributed by atoms with E-state index in [1.165, 1.54) is 5.54 Å². The lowest BCUT2D eigenvalue weighted by atomic mass is 10.2. The van der Waals surface area contributed by atoms with Gasteiger partial charge in [0.1, 0.15) is 12.4 Å². The Morgan fingerprint density at radius 1 is 1.44 bits per heavy atom. The first-order valence-electron chi connectivity index (χ1n) is 5.63. The lowest BCUT2D eigenvalue weighted by Gasteiger charge is -2.14. The summed E-state index contributed by atoms with van der Waals surface area (Å²) in [5.41, 5.74) is 2.21. The van der Waals surface area contributed by atoms with Gasteiger partial charge in [-0.15, -0.1) is 0 Å². The second-order valence-corrected chi connectivity index (χ2v) is 5.21. The van der Waals surface area contributed by atoms with Gasteiger partial charge in [-0.05, 0) is 12.1 Å². The third-order valence-electron chi connectivity index (χ3n) is 2.25. The molecule has 2 nitrogen and oxygen atoms in total. The van der Waals surface area contributed by atoms with Gasteiger partial charge in [-0.1, -0.05) is 54.7 Å². The summed E-state index contributed by atoms with van der Waals surface area (Å²) in [4.78, 5) is 0. The van der Waals surface area contributed by atoms with E-state index in [9.17, 15) is 0 Å². The molecule has 5 heteroatoms. The second kappa shape index (κ2) is 7.90. The Labute approximate surface area is 123 Å². The first kappa shape index (κ1) is 15.6. The van der Waals surface area contributed by atoms with Crippen molar-refractivity contribution in [1.29, 1.82) is 0 Å². The van der Waals surface area contributed by atoms with Gasteiger partial charge in [0.15, 0.2) is 0 Å². The van der Waals surface area contributed by atoms with Crippen LogP contribution in [0.5, 0.6) is 5.75 Å². The first-order valence-corrected chi connectivity index (χ1v) is 6.82. The highest BCUT2D eigenvalue weighted by atomic mass is 35.5. The fourth-order valence-electron chi connectivity index (χ4n) is 1.33. The molecule has 0 amide bonds. The highest BCUT2D eigenvalue weighted by Crippen LogP contribution is 2.27. The number of halogens is 3. The monoisotopic (exact) mass is 307 g/mol. The Morgan fingerprint density at radius 2 is 2.17 bits per heavy atom. The van der Waals surface area contributed by atoms with Crippen LogP contribution in [0.4, 0.5) is 0 Å². The Balaban J connectivity index is 2.79. The molecule has 1 aromatic rings. The van der Waals surface area contributed by atoms with E-state index in [4.69, 9.17) is 39.5 Å². The molecule has 0 saturated heterocycles. The SMILES string of the molecule is CC(C)NCc1c(Cl)cccc1OC/C(Cl)=C/Cl. The smallest absolute Gasteiger partial charge is 0.125 e. The predicted octanol–water partition coefficient (Wildman–Crippen LogP) is 4.54. The lowest BCUT2D eigenvalue weighted by Crippen LogP contribution is -2.22. The van der Waals surface area contributed by atoms with Crippen molar-refractivity contribution in [3.05, 3.63) is 39.4 Å². The van der Waals surface area contributed by atoms with E-state index in [-0.39, 0.29) is 6.61 Å². The van der Waals surface area contributed by atoms with Crippen LogP contribution in [0, 0.1) is 0 Å². The van der Waals surface area contributed by atoms with Crippen molar-refractivity contribution in [2.45, 2.75) is 26.4 Å². The molecule has 100 valence electrons. The largest absolute Gasteiger partial charge is 0.488 e. The Kier molecular flexibility index (Phi) is 6.87. The standard InChI is InChI=1S/C13H16Cl3NO/c1-9(2)17-7-11-12(16)4-3-5-13(11)18-8-10(15)6-14/h3-6,9,17H,7-8H2,1-2H3/b10-6-. The van der Waals surface area contributed by atoms with E-state index in [2.05, 4.69) is 19.2 Å². The maximum absolute atomic E-state index is 6.17. The Bertz CT molecular complexity index is 419. The van der Waals surface area contributed by atoms with E-state index in [1.54, 1.807) is 0 Å². The van der Waals surface area contributed by atoms with Crippen LogP contribution < -0.4 is 10.1 Å². The minimum atomic E-state index is 0.236. The highest BCUT2D eigenvalue weighted by molar-refractivity contribution is 6.36. The molecule has 1 N–H and O–H groups in total. The molecule has 0 aliphatic carbocycles. The van der Waals surface area contributed by atoms with E-state index >= 15 is 0 Å². The van der Waals surface area contributed by atoms with Gasteiger partial charge in [-0.25, -0.2) is 0 Å². The quantitative estimate of drug-likeness (QED) is 0.833. The van der Waals surface area contributed by atoms with Crippen molar-refractivity contribution in [2.75, 3.05) is 6.61 Å². The number of hydrogen-bond acceptors (Lipinski definition) is 2. The lowest BCUT2D eigenvalue weighted by molar-refractivity contribution is 0.353. The molecule has 0 aromatic heterocycles. The van der Waals surface area contributed by atoms with Crippen LogP contribution in [0.25, 0.3) is 0 Å². The van der Waals surface area contributed by atoms with Gasteiger partial charge < -0.3 is 10.1 Å². The van der Waals surface area contributed by atoms with Gasteiger partial charge in [0.2, 0.25) is 0 Å². The zero-order valence-electron chi connectivity index (χ0n) is 10.3. The average Bonchev–Trinajstić information content (AvgIpc) is 2.34. The number of nitrogens with one attached hydrogen (secondary N) is 1. The van der Waals surface area contributed by atoms with E-state index in [1.807, 2.05) is 18.2 Å². The normalized spacial score (nSPS) is 12.0. The van der Waals surface area contributed by atoms with Crippen LogP contribution in [0.1, 0.15) is 19.4 Å². The number of hydrogen-bond donors (Lipinski definition) is 1. The molecule has 0 fully saturated rings. The molecule has 0 bridgehead atoms. The summed E-state index contributed by atoms with van der Waals surface area (Å²) in [7, 11) is 0. The summed E-state index contributed by atoms with van der Waals surface area (Å²) in [6.45, 7) is 5.03. The van der Waals surface area contributed by atoms with Crippen LogP contribution in [0.3, 0.4) is 0 Å². The number of ether oxygens (including phenoxy) is 1. The summed E-state index contributed by atoms with van der Waals surface area (Å²) in [6.07, 6.45) is 0. The molecule has 0 spiro atoms. The summed E-state index contributed by atoms with van der Waals surface area (Å²) >= 11 is 17.4. The summed E-state index contributed by atoms with van der Waals surface area (Å²) in [5.74, 6) is 0.715. The molecule has 0 aliphatic rings. The average molecular weight is 309 g/mol. The summed E-state index contributed by atoms with van der Waals surface area (Å²) < 4.78 is 5.59. The van der Waals surface area contributed by atoms with Crippen LogP contribution in [0.2, 0.25) is 5.02 Å². The van der Waals surface area contributed by atoms with Crippen molar-refractivity contribution < 1.29 is 4.74 Å². The molecule has 0 unspecified atom stereocenters. The molecule has 0 saturated carbocycles. The minimum absolute atomic E-state index is 0.236. The zero-order chi connectivity index (χ0) is 13.5. The maximum Gasteiger partial charge on any atom is 0.125 e.